The van der Waals surface area contributed by atoms with Gasteiger partial charge >= 0.3 is 0 Å². The molecule has 118 valence electrons. The lowest BCUT2D eigenvalue weighted by Gasteiger charge is -2.23. The van der Waals surface area contributed by atoms with Crippen molar-refractivity contribution in [2.45, 2.75) is 13.1 Å². The van der Waals surface area contributed by atoms with E-state index in [-0.39, 0.29) is 0 Å². The first-order valence-electron chi connectivity index (χ1n) is 7.88. The monoisotopic (exact) mass is 314 g/mol. The van der Waals surface area contributed by atoms with Crippen LogP contribution in [0.25, 0.3) is 0 Å². The average Bonchev–Trinajstić information content (AvgIpc) is 2.56. The highest BCUT2D eigenvalue weighted by molar-refractivity contribution is 7.98. The minimum Gasteiger partial charge on any atom is -0.315 e. The second-order valence-corrected chi connectivity index (χ2v) is 6.41. The summed E-state index contributed by atoms with van der Waals surface area (Å²) in [6.45, 7) is 5.20. The van der Waals surface area contributed by atoms with E-state index in [2.05, 4.69) is 77.1 Å². The largest absolute Gasteiger partial charge is 0.315 e. The van der Waals surface area contributed by atoms with E-state index >= 15 is 0 Å². The van der Waals surface area contributed by atoms with Gasteiger partial charge in [0.25, 0.3) is 0 Å². The summed E-state index contributed by atoms with van der Waals surface area (Å²) in [5, 5.41) is 3.53. The number of rotatable bonds is 10. The van der Waals surface area contributed by atoms with Crippen LogP contribution in [0, 0.1) is 0 Å². The normalized spacial score (nSPS) is 11.0. The van der Waals surface area contributed by atoms with Gasteiger partial charge in [-0.3, -0.25) is 4.90 Å². The maximum atomic E-state index is 3.53. The first-order chi connectivity index (χ1) is 10.9. The molecule has 2 aromatic rings. The molecule has 0 aromatic heterocycles. The number of hydrogen-bond acceptors (Lipinski definition) is 3. The molecule has 0 aliphatic carbocycles. The Morgan fingerprint density at radius 2 is 1.36 bits per heavy atom. The molecule has 22 heavy (non-hydrogen) atoms. The van der Waals surface area contributed by atoms with Crippen LogP contribution in [0.15, 0.2) is 60.7 Å². The number of nitrogens with zero attached hydrogens (tertiary/aromatic N) is 1. The molecule has 2 nitrogen and oxygen atoms in total. The van der Waals surface area contributed by atoms with Gasteiger partial charge in [-0.2, -0.15) is 11.8 Å². The Morgan fingerprint density at radius 1 is 0.818 bits per heavy atom. The predicted octanol–water partition coefficient (Wildman–Crippen LogP) is 3.64. The number of benzene rings is 2. The molecule has 1 N–H and O–H groups in total. The minimum atomic E-state index is 1.000. The topological polar surface area (TPSA) is 15.3 Å². The van der Waals surface area contributed by atoms with E-state index in [1.165, 1.54) is 16.9 Å². The van der Waals surface area contributed by atoms with Crippen LogP contribution in [0.2, 0.25) is 0 Å². The van der Waals surface area contributed by atoms with Crippen LogP contribution in [-0.4, -0.2) is 36.5 Å². The molecular weight excluding hydrogens is 288 g/mol. The lowest BCUT2D eigenvalue weighted by Crippen LogP contribution is -2.32. The molecule has 0 atom stereocenters. The van der Waals surface area contributed by atoms with Gasteiger partial charge in [0, 0.05) is 38.5 Å². The van der Waals surface area contributed by atoms with Gasteiger partial charge in [-0.05, 0) is 17.4 Å². The zero-order valence-electron chi connectivity index (χ0n) is 13.4. The standard InChI is InChI=1S/C19H26N2S/c1-22-15-13-20-12-14-21(16-18-8-4-2-5-9-18)17-19-10-6-3-7-11-19/h2-11,20H,12-17H2,1H3. The number of hydrogen-bond donors (Lipinski definition) is 1. The third-order valence-corrected chi connectivity index (χ3v) is 4.20. The minimum absolute atomic E-state index is 1.000. The van der Waals surface area contributed by atoms with Crippen LogP contribution in [0.1, 0.15) is 11.1 Å². The summed E-state index contributed by atoms with van der Waals surface area (Å²) in [6.07, 6.45) is 2.15. The van der Waals surface area contributed by atoms with Gasteiger partial charge in [-0.25, -0.2) is 0 Å². The molecule has 0 spiro atoms. The Balaban J connectivity index is 1.88. The van der Waals surface area contributed by atoms with Crippen LogP contribution in [-0.2, 0) is 13.1 Å². The first kappa shape index (κ1) is 17.1. The van der Waals surface area contributed by atoms with E-state index < -0.39 is 0 Å². The van der Waals surface area contributed by atoms with E-state index in [0.29, 0.717) is 0 Å². The molecule has 0 radical (unpaired) electrons. The summed E-state index contributed by atoms with van der Waals surface area (Å²) in [5.41, 5.74) is 2.75. The molecule has 0 saturated carbocycles. The maximum absolute atomic E-state index is 3.53. The summed E-state index contributed by atoms with van der Waals surface area (Å²) in [6, 6.07) is 21.5. The van der Waals surface area contributed by atoms with Gasteiger partial charge in [0.1, 0.15) is 0 Å². The first-order valence-corrected chi connectivity index (χ1v) is 9.28. The van der Waals surface area contributed by atoms with Crippen LogP contribution < -0.4 is 5.32 Å². The molecule has 0 saturated heterocycles. The van der Waals surface area contributed by atoms with Crippen LogP contribution in [0.4, 0.5) is 0 Å². The van der Waals surface area contributed by atoms with Crippen molar-refractivity contribution in [2.75, 3.05) is 31.6 Å². The lowest BCUT2D eigenvalue weighted by molar-refractivity contribution is 0.257. The Morgan fingerprint density at radius 3 is 1.86 bits per heavy atom. The van der Waals surface area contributed by atoms with Crippen molar-refractivity contribution in [3.05, 3.63) is 71.8 Å². The molecule has 2 rings (SSSR count). The van der Waals surface area contributed by atoms with Crippen molar-refractivity contribution in [1.82, 2.24) is 10.2 Å². The van der Waals surface area contributed by atoms with Crippen molar-refractivity contribution in [3.8, 4) is 0 Å². The molecule has 0 fully saturated rings. The predicted molar refractivity (Wildman–Crippen MR) is 98.2 cm³/mol. The highest BCUT2D eigenvalue weighted by atomic mass is 32.2. The van der Waals surface area contributed by atoms with Gasteiger partial charge in [-0.15, -0.1) is 0 Å². The van der Waals surface area contributed by atoms with Crippen molar-refractivity contribution >= 4 is 11.8 Å². The van der Waals surface area contributed by atoms with E-state index in [4.69, 9.17) is 0 Å². The zero-order chi connectivity index (χ0) is 15.5. The quantitative estimate of drug-likeness (QED) is 0.674. The van der Waals surface area contributed by atoms with Gasteiger partial charge < -0.3 is 5.32 Å². The van der Waals surface area contributed by atoms with Crippen molar-refractivity contribution in [3.63, 3.8) is 0 Å². The lowest BCUT2D eigenvalue weighted by atomic mass is 10.1. The van der Waals surface area contributed by atoms with E-state index in [0.717, 1.165) is 32.7 Å². The summed E-state index contributed by atoms with van der Waals surface area (Å²) < 4.78 is 0. The van der Waals surface area contributed by atoms with Crippen LogP contribution in [0.3, 0.4) is 0 Å². The Kier molecular flexibility index (Phi) is 8.10. The molecular formula is C19H26N2S. The van der Waals surface area contributed by atoms with E-state index in [1.807, 2.05) is 11.8 Å². The molecule has 0 aliphatic rings. The van der Waals surface area contributed by atoms with Gasteiger partial charge in [0.2, 0.25) is 0 Å². The fourth-order valence-corrected chi connectivity index (χ4v) is 2.78. The second kappa shape index (κ2) is 10.4. The maximum Gasteiger partial charge on any atom is 0.0237 e. The van der Waals surface area contributed by atoms with E-state index in [9.17, 15) is 0 Å². The van der Waals surface area contributed by atoms with Gasteiger partial charge in [0.15, 0.2) is 0 Å². The van der Waals surface area contributed by atoms with Crippen molar-refractivity contribution in [2.24, 2.45) is 0 Å². The van der Waals surface area contributed by atoms with E-state index in [1.54, 1.807) is 0 Å². The molecule has 0 aliphatic heterocycles. The Labute approximate surface area is 138 Å². The Bertz CT molecular complexity index is 460. The highest BCUT2D eigenvalue weighted by Crippen LogP contribution is 2.09. The SMILES string of the molecule is CSCCNCCN(Cc1ccccc1)Cc1ccccc1. The fraction of sp³-hybridized carbons (Fsp3) is 0.368. The van der Waals surface area contributed by atoms with Crippen molar-refractivity contribution in [1.29, 1.82) is 0 Å². The summed E-state index contributed by atoms with van der Waals surface area (Å²) in [7, 11) is 0. The summed E-state index contributed by atoms with van der Waals surface area (Å²) >= 11 is 1.89. The molecule has 0 heterocycles. The summed E-state index contributed by atoms with van der Waals surface area (Å²) in [5.74, 6) is 1.18. The zero-order valence-corrected chi connectivity index (χ0v) is 14.2. The molecule has 0 amide bonds. The van der Waals surface area contributed by atoms with Crippen molar-refractivity contribution < 1.29 is 0 Å². The fourth-order valence-electron chi connectivity index (χ4n) is 2.43. The molecule has 3 heteroatoms. The molecule has 0 bridgehead atoms. The number of thioether (sulfide) groups is 1. The molecule has 0 unspecified atom stereocenters. The smallest absolute Gasteiger partial charge is 0.0237 e. The number of nitrogens with one attached hydrogen (secondary N) is 1. The highest BCUT2D eigenvalue weighted by Gasteiger charge is 2.06. The third-order valence-electron chi connectivity index (χ3n) is 3.59. The van der Waals surface area contributed by atoms with Gasteiger partial charge in [-0.1, -0.05) is 60.7 Å². The molecule has 2 aromatic carbocycles. The van der Waals surface area contributed by atoms with Crippen LogP contribution in [0.5, 0.6) is 0 Å². The Hall–Kier alpha value is -1.29. The third kappa shape index (κ3) is 6.65. The van der Waals surface area contributed by atoms with Crippen LogP contribution >= 0.6 is 11.8 Å². The summed E-state index contributed by atoms with van der Waals surface area (Å²) in [4.78, 5) is 2.51. The second-order valence-electron chi connectivity index (χ2n) is 5.42. The average molecular weight is 314 g/mol. The van der Waals surface area contributed by atoms with Gasteiger partial charge in [0.05, 0.1) is 0 Å².